The smallest absolute Gasteiger partial charge is 0.244 e. The maximum Gasteiger partial charge on any atom is 0.244 e. The van der Waals surface area contributed by atoms with Crippen LogP contribution in [0.2, 0.25) is 5.02 Å². The molecular weight excluding hydrogens is 462 g/mol. The third kappa shape index (κ3) is 6.95. The van der Waals surface area contributed by atoms with Crippen LogP contribution in [-0.2, 0) is 26.2 Å². The number of aryl methyl sites for hydroxylation is 2. The second kappa shape index (κ2) is 11.5. The lowest BCUT2D eigenvalue weighted by atomic mass is 10.1. The summed E-state index contributed by atoms with van der Waals surface area (Å²) >= 11 is 6.33. The zero-order valence-electron chi connectivity index (χ0n) is 19.8. The molecule has 0 fully saturated rings. The number of benzene rings is 2. The Labute approximate surface area is 201 Å². The normalized spacial score (nSPS) is 12.2. The standard InChI is InChI=1S/C24H32ClN3O4S/c1-6-21(24(30)26-7-2)27(15-19-10-8-9-11-20(19)25)23(29)16-28(33(5,31)32)22-13-12-17(3)14-18(22)4/h8-14,21H,6-7,15-16H2,1-5H3,(H,26,30). The Kier molecular flexibility index (Phi) is 9.31. The van der Waals surface area contributed by atoms with Crippen molar-refractivity contribution >= 4 is 39.1 Å². The van der Waals surface area contributed by atoms with Crippen LogP contribution in [-0.4, -0.2) is 50.5 Å². The zero-order valence-corrected chi connectivity index (χ0v) is 21.3. The van der Waals surface area contributed by atoms with Crippen LogP contribution in [0.25, 0.3) is 0 Å². The van der Waals surface area contributed by atoms with Gasteiger partial charge in [0, 0.05) is 18.1 Å². The number of rotatable bonds is 10. The fourth-order valence-corrected chi connectivity index (χ4v) is 4.80. The number of carbonyl (C=O) groups excluding carboxylic acids is 2. The fraction of sp³-hybridized carbons (Fsp3) is 0.417. The van der Waals surface area contributed by atoms with E-state index >= 15 is 0 Å². The Balaban J connectivity index is 2.48. The van der Waals surface area contributed by atoms with Crippen LogP contribution in [0.5, 0.6) is 0 Å². The summed E-state index contributed by atoms with van der Waals surface area (Å²) in [7, 11) is -3.77. The monoisotopic (exact) mass is 493 g/mol. The average Bonchev–Trinajstić information content (AvgIpc) is 2.73. The molecule has 0 radical (unpaired) electrons. The van der Waals surface area contributed by atoms with Gasteiger partial charge in [-0.25, -0.2) is 8.42 Å². The number of nitrogens with zero attached hydrogens (tertiary/aromatic N) is 2. The summed E-state index contributed by atoms with van der Waals surface area (Å²) in [6.45, 7) is 7.40. The van der Waals surface area contributed by atoms with E-state index in [0.29, 0.717) is 29.2 Å². The van der Waals surface area contributed by atoms with Gasteiger partial charge in [0.25, 0.3) is 0 Å². The van der Waals surface area contributed by atoms with Crippen LogP contribution in [0.1, 0.15) is 37.0 Å². The predicted octanol–water partition coefficient (Wildman–Crippen LogP) is 3.67. The number of nitrogens with one attached hydrogen (secondary N) is 1. The number of hydrogen-bond donors (Lipinski definition) is 1. The molecule has 1 N–H and O–H groups in total. The molecule has 1 atom stereocenters. The topological polar surface area (TPSA) is 86.8 Å². The average molecular weight is 494 g/mol. The van der Waals surface area contributed by atoms with Gasteiger partial charge in [-0.05, 0) is 50.5 Å². The molecule has 2 amide bonds. The molecule has 7 nitrogen and oxygen atoms in total. The Hall–Kier alpha value is -2.58. The number of carbonyl (C=O) groups is 2. The molecule has 9 heteroatoms. The molecule has 2 aromatic carbocycles. The van der Waals surface area contributed by atoms with Crippen molar-refractivity contribution in [2.75, 3.05) is 23.7 Å². The second-order valence-electron chi connectivity index (χ2n) is 7.99. The summed E-state index contributed by atoms with van der Waals surface area (Å²) in [4.78, 5) is 27.8. The van der Waals surface area contributed by atoms with E-state index in [1.54, 1.807) is 50.2 Å². The minimum absolute atomic E-state index is 0.0820. The fourth-order valence-electron chi connectivity index (χ4n) is 3.70. The van der Waals surface area contributed by atoms with Crippen molar-refractivity contribution in [2.24, 2.45) is 0 Å². The van der Waals surface area contributed by atoms with Gasteiger partial charge >= 0.3 is 0 Å². The van der Waals surface area contributed by atoms with Gasteiger partial charge in [0.1, 0.15) is 12.6 Å². The lowest BCUT2D eigenvalue weighted by Gasteiger charge is -2.33. The highest BCUT2D eigenvalue weighted by atomic mass is 35.5. The quantitative estimate of drug-likeness (QED) is 0.547. The molecular formula is C24H32ClN3O4S. The van der Waals surface area contributed by atoms with E-state index in [9.17, 15) is 18.0 Å². The van der Waals surface area contributed by atoms with Gasteiger partial charge in [-0.3, -0.25) is 13.9 Å². The van der Waals surface area contributed by atoms with E-state index in [1.807, 2.05) is 19.9 Å². The van der Waals surface area contributed by atoms with E-state index in [-0.39, 0.29) is 12.5 Å². The SMILES string of the molecule is CCNC(=O)C(CC)N(Cc1ccccc1Cl)C(=O)CN(c1ccc(C)cc1C)S(C)(=O)=O. The highest BCUT2D eigenvalue weighted by molar-refractivity contribution is 7.92. The predicted molar refractivity (Wildman–Crippen MR) is 133 cm³/mol. The molecule has 0 bridgehead atoms. The van der Waals surface area contributed by atoms with Crippen LogP contribution in [0, 0.1) is 13.8 Å². The first-order valence-corrected chi connectivity index (χ1v) is 13.1. The van der Waals surface area contributed by atoms with Gasteiger partial charge in [0.2, 0.25) is 21.8 Å². The number of halogens is 1. The molecule has 1 unspecified atom stereocenters. The first kappa shape index (κ1) is 26.7. The van der Waals surface area contributed by atoms with Crippen molar-refractivity contribution in [2.45, 2.75) is 46.7 Å². The molecule has 0 spiro atoms. The second-order valence-corrected chi connectivity index (χ2v) is 10.3. The summed E-state index contributed by atoms with van der Waals surface area (Å²) < 4.78 is 26.4. The third-order valence-corrected chi connectivity index (χ3v) is 6.83. The number of anilines is 1. The molecule has 0 aliphatic rings. The summed E-state index contributed by atoms with van der Waals surface area (Å²) in [6.07, 6.45) is 1.43. The minimum atomic E-state index is -3.77. The van der Waals surface area contributed by atoms with Gasteiger partial charge < -0.3 is 10.2 Å². The highest BCUT2D eigenvalue weighted by Gasteiger charge is 2.32. The van der Waals surface area contributed by atoms with E-state index in [1.165, 1.54) is 4.90 Å². The molecule has 33 heavy (non-hydrogen) atoms. The van der Waals surface area contributed by atoms with E-state index in [0.717, 1.165) is 21.7 Å². The molecule has 180 valence electrons. The number of amides is 2. The van der Waals surface area contributed by atoms with Gasteiger partial charge in [-0.15, -0.1) is 0 Å². The molecule has 0 saturated carbocycles. The lowest BCUT2D eigenvalue weighted by Crippen LogP contribution is -2.52. The largest absolute Gasteiger partial charge is 0.355 e. The van der Waals surface area contributed by atoms with Gasteiger partial charge in [0.05, 0.1) is 11.9 Å². The summed E-state index contributed by atoms with van der Waals surface area (Å²) in [6, 6.07) is 11.7. The molecule has 0 heterocycles. The summed E-state index contributed by atoms with van der Waals surface area (Å²) in [5.41, 5.74) is 2.83. The Bertz CT molecular complexity index is 1100. The molecule has 2 rings (SSSR count). The maximum atomic E-state index is 13.6. The number of hydrogen-bond acceptors (Lipinski definition) is 4. The van der Waals surface area contributed by atoms with Gasteiger partial charge in [-0.1, -0.05) is 54.4 Å². The Morgan fingerprint density at radius 2 is 1.76 bits per heavy atom. The number of likely N-dealkylation sites (N-methyl/N-ethyl adjacent to an activating group) is 1. The van der Waals surface area contributed by atoms with Crippen molar-refractivity contribution in [3.8, 4) is 0 Å². The van der Waals surface area contributed by atoms with Crippen LogP contribution in [0.4, 0.5) is 5.69 Å². The molecule has 2 aromatic rings. The van der Waals surface area contributed by atoms with Crippen molar-refractivity contribution in [1.29, 1.82) is 0 Å². The molecule has 0 saturated heterocycles. The minimum Gasteiger partial charge on any atom is -0.355 e. The Morgan fingerprint density at radius 1 is 1.09 bits per heavy atom. The highest BCUT2D eigenvalue weighted by Crippen LogP contribution is 2.25. The van der Waals surface area contributed by atoms with Crippen LogP contribution < -0.4 is 9.62 Å². The van der Waals surface area contributed by atoms with Crippen molar-refractivity contribution in [3.63, 3.8) is 0 Å². The molecule has 0 aromatic heterocycles. The number of sulfonamides is 1. The first-order chi connectivity index (χ1) is 15.5. The van der Waals surface area contributed by atoms with Crippen molar-refractivity contribution < 1.29 is 18.0 Å². The van der Waals surface area contributed by atoms with E-state index in [2.05, 4.69) is 5.32 Å². The third-order valence-electron chi connectivity index (χ3n) is 5.34. The van der Waals surface area contributed by atoms with Crippen LogP contribution in [0.3, 0.4) is 0 Å². The van der Waals surface area contributed by atoms with Crippen LogP contribution >= 0.6 is 11.6 Å². The summed E-state index contributed by atoms with van der Waals surface area (Å²) in [5.74, 6) is -0.781. The van der Waals surface area contributed by atoms with E-state index < -0.39 is 28.5 Å². The van der Waals surface area contributed by atoms with Crippen LogP contribution in [0.15, 0.2) is 42.5 Å². The summed E-state index contributed by atoms with van der Waals surface area (Å²) in [5, 5.41) is 3.23. The molecule has 0 aliphatic heterocycles. The van der Waals surface area contributed by atoms with Gasteiger partial charge in [0.15, 0.2) is 0 Å². The van der Waals surface area contributed by atoms with E-state index in [4.69, 9.17) is 11.6 Å². The molecule has 0 aliphatic carbocycles. The first-order valence-electron chi connectivity index (χ1n) is 10.8. The maximum absolute atomic E-state index is 13.6. The van der Waals surface area contributed by atoms with Gasteiger partial charge in [-0.2, -0.15) is 0 Å². The zero-order chi connectivity index (χ0) is 24.8. The lowest BCUT2D eigenvalue weighted by molar-refractivity contribution is -0.140. The van der Waals surface area contributed by atoms with Crippen molar-refractivity contribution in [1.82, 2.24) is 10.2 Å². The Morgan fingerprint density at radius 3 is 2.30 bits per heavy atom. The van der Waals surface area contributed by atoms with Crippen molar-refractivity contribution in [3.05, 3.63) is 64.2 Å².